The number of amides is 1. The van der Waals surface area contributed by atoms with Gasteiger partial charge in [0.2, 0.25) is 5.91 Å². The van der Waals surface area contributed by atoms with Crippen molar-refractivity contribution in [3.63, 3.8) is 0 Å². The summed E-state index contributed by atoms with van der Waals surface area (Å²) in [5.41, 5.74) is 0. The molecular formula is C67H131NO5. The van der Waals surface area contributed by atoms with Crippen LogP contribution in [-0.4, -0.2) is 47.4 Å². The molecule has 0 aliphatic carbocycles. The Hall–Kier alpha value is -1.40. The van der Waals surface area contributed by atoms with Crippen LogP contribution in [0.5, 0.6) is 0 Å². The van der Waals surface area contributed by atoms with Gasteiger partial charge in [0.1, 0.15) is 0 Å². The van der Waals surface area contributed by atoms with E-state index in [2.05, 4.69) is 31.3 Å². The Balaban J connectivity index is 3.34. The molecule has 0 heterocycles. The highest BCUT2D eigenvalue weighted by Crippen LogP contribution is 2.19. The number of esters is 1. The second kappa shape index (κ2) is 63.1. The lowest BCUT2D eigenvalue weighted by atomic mass is 10.0. The van der Waals surface area contributed by atoms with Gasteiger partial charge in [-0.1, -0.05) is 328 Å². The minimum absolute atomic E-state index is 0.0139. The Morgan fingerprint density at radius 3 is 0.973 bits per heavy atom. The first-order valence-corrected chi connectivity index (χ1v) is 33.4. The Morgan fingerprint density at radius 1 is 0.370 bits per heavy atom. The number of rotatable bonds is 63. The molecule has 73 heavy (non-hydrogen) atoms. The zero-order chi connectivity index (χ0) is 52.9. The van der Waals surface area contributed by atoms with Gasteiger partial charge >= 0.3 is 5.97 Å². The normalized spacial score (nSPS) is 12.5. The average Bonchev–Trinajstić information content (AvgIpc) is 3.39. The molecule has 0 saturated carbocycles. The highest BCUT2D eigenvalue weighted by molar-refractivity contribution is 5.76. The number of carbonyl (C=O) groups excluding carboxylic acids is 2. The van der Waals surface area contributed by atoms with Crippen LogP contribution in [0.4, 0.5) is 0 Å². The van der Waals surface area contributed by atoms with Crippen molar-refractivity contribution in [1.29, 1.82) is 0 Å². The number of nitrogens with one attached hydrogen (secondary N) is 1. The second-order valence-corrected chi connectivity index (χ2v) is 23.2. The van der Waals surface area contributed by atoms with Crippen LogP contribution in [0.25, 0.3) is 0 Å². The van der Waals surface area contributed by atoms with Crippen LogP contribution in [-0.2, 0) is 14.3 Å². The first kappa shape index (κ1) is 71.6. The number of ether oxygens (including phenoxy) is 1. The van der Waals surface area contributed by atoms with Gasteiger partial charge in [0.15, 0.2) is 0 Å². The molecular weight excluding hydrogens is 899 g/mol. The SMILES string of the molecule is CCCCCCCC/C=C\CCCCCCCCCC(=O)OCCCCCCCCCCCCCCCCCCCCCCCCCCCC(=O)NC(CO)C(O)CCCCCCCCCCCCCCCC. The molecule has 0 aromatic rings. The first-order chi connectivity index (χ1) is 36.0. The number of allylic oxidation sites excluding steroid dienone is 2. The fourth-order valence-corrected chi connectivity index (χ4v) is 10.7. The topological polar surface area (TPSA) is 95.9 Å². The van der Waals surface area contributed by atoms with Crippen LogP contribution < -0.4 is 5.32 Å². The number of hydrogen-bond donors (Lipinski definition) is 3. The van der Waals surface area contributed by atoms with Gasteiger partial charge in [-0.3, -0.25) is 9.59 Å². The minimum Gasteiger partial charge on any atom is -0.466 e. The van der Waals surface area contributed by atoms with Crippen LogP contribution in [0.3, 0.4) is 0 Å². The highest BCUT2D eigenvalue weighted by Gasteiger charge is 2.20. The van der Waals surface area contributed by atoms with E-state index in [0.29, 0.717) is 25.9 Å². The second-order valence-electron chi connectivity index (χ2n) is 23.2. The molecule has 2 unspecified atom stereocenters. The van der Waals surface area contributed by atoms with E-state index in [1.54, 1.807) is 0 Å². The predicted molar refractivity (Wildman–Crippen MR) is 320 cm³/mol. The average molecular weight is 1030 g/mol. The van der Waals surface area contributed by atoms with Crippen LogP contribution >= 0.6 is 0 Å². The molecule has 1 amide bonds. The maximum Gasteiger partial charge on any atom is 0.305 e. The van der Waals surface area contributed by atoms with E-state index in [-0.39, 0.29) is 18.5 Å². The third-order valence-electron chi connectivity index (χ3n) is 15.8. The number of unbranched alkanes of at least 4 members (excludes halogenated alkanes) is 50. The molecule has 2 atom stereocenters. The molecule has 6 nitrogen and oxygen atoms in total. The fraction of sp³-hybridized carbons (Fsp3) is 0.940. The molecule has 0 aromatic carbocycles. The largest absolute Gasteiger partial charge is 0.466 e. The number of aliphatic hydroxyl groups is 2. The molecule has 0 aliphatic heterocycles. The van der Waals surface area contributed by atoms with Crippen LogP contribution in [0.2, 0.25) is 0 Å². The summed E-state index contributed by atoms with van der Waals surface area (Å²) in [4.78, 5) is 24.6. The summed E-state index contributed by atoms with van der Waals surface area (Å²) in [7, 11) is 0. The maximum absolute atomic E-state index is 12.5. The van der Waals surface area contributed by atoms with E-state index in [9.17, 15) is 19.8 Å². The molecule has 0 aliphatic rings. The van der Waals surface area contributed by atoms with Crippen LogP contribution in [0, 0.1) is 0 Å². The minimum atomic E-state index is -0.662. The van der Waals surface area contributed by atoms with Crippen molar-refractivity contribution in [2.45, 2.75) is 392 Å². The van der Waals surface area contributed by atoms with Crippen molar-refractivity contribution >= 4 is 11.9 Å². The summed E-state index contributed by atoms with van der Waals surface area (Å²) in [6, 6.07) is -0.539. The molecule has 434 valence electrons. The van der Waals surface area contributed by atoms with E-state index in [0.717, 1.165) is 44.9 Å². The van der Waals surface area contributed by atoms with Gasteiger partial charge in [0.25, 0.3) is 0 Å². The van der Waals surface area contributed by atoms with Crippen molar-refractivity contribution < 1.29 is 24.5 Å². The zero-order valence-electron chi connectivity index (χ0n) is 49.6. The van der Waals surface area contributed by atoms with Crippen molar-refractivity contribution in [3.8, 4) is 0 Å². The summed E-state index contributed by atoms with van der Waals surface area (Å²) in [6.45, 7) is 4.98. The number of carbonyl (C=O) groups is 2. The van der Waals surface area contributed by atoms with Gasteiger partial charge in [0.05, 0.1) is 25.4 Å². The van der Waals surface area contributed by atoms with Crippen LogP contribution in [0.15, 0.2) is 12.2 Å². The summed E-state index contributed by atoms with van der Waals surface area (Å²) < 4.78 is 5.50. The quantitative estimate of drug-likeness (QED) is 0.0320. The Bertz CT molecular complexity index is 1100. The molecule has 0 bridgehead atoms. The molecule has 0 saturated heterocycles. The van der Waals surface area contributed by atoms with Crippen molar-refractivity contribution in [1.82, 2.24) is 5.32 Å². The van der Waals surface area contributed by atoms with Crippen molar-refractivity contribution in [2.24, 2.45) is 0 Å². The Morgan fingerprint density at radius 2 is 0.644 bits per heavy atom. The molecule has 0 fully saturated rings. The van der Waals surface area contributed by atoms with E-state index in [1.165, 1.54) is 302 Å². The predicted octanol–water partition coefficient (Wildman–Crippen LogP) is 21.2. The number of aliphatic hydroxyl groups excluding tert-OH is 2. The van der Waals surface area contributed by atoms with E-state index >= 15 is 0 Å². The Kier molecular flexibility index (Phi) is 61.9. The molecule has 0 radical (unpaired) electrons. The third-order valence-corrected chi connectivity index (χ3v) is 15.8. The highest BCUT2D eigenvalue weighted by atomic mass is 16.5. The monoisotopic (exact) mass is 1030 g/mol. The van der Waals surface area contributed by atoms with E-state index in [4.69, 9.17) is 4.74 Å². The lowest BCUT2D eigenvalue weighted by Crippen LogP contribution is -2.45. The lowest BCUT2D eigenvalue weighted by Gasteiger charge is -2.22. The lowest BCUT2D eigenvalue weighted by molar-refractivity contribution is -0.143. The van der Waals surface area contributed by atoms with Crippen LogP contribution in [0.1, 0.15) is 380 Å². The van der Waals surface area contributed by atoms with Gasteiger partial charge in [-0.2, -0.15) is 0 Å². The molecule has 0 spiro atoms. The summed E-state index contributed by atoms with van der Waals surface area (Å²) in [5, 5.41) is 23.3. The van der Waals surface area contributed by atoms with Crippen molar-refractivity contribution in [2.75, 3.05) is 13.2 Å². The molecule has 0 rings (SSSR count). The van der Waals surface area contributed by atoms with E-state index < -0.39 is 12.1 Å². The van der Waals surface area contributed by atoms with Gasteiger partial charge < -0.3 is 20.3 Å². The molecule has 6 heteroatoms. The van der Waals surface area contributed by atoms with Gasteiger partial charge in [0, 0.05) is 12.8 Å². The van der Waals surface area contributed by atoms with Gasteiger partial charge in [-0.25, -0.2) is 0 Å². The van der Waals surface area contributed by atoms with Gasteiger partial charge in [-0.15, -0.1) is 0 Å². The molecule has 3 N–H and O–H groups in total. The maximum atomic E-state index is 12.5. The van der Waals surface area contributed by atoms with Crippen molar-refractivity contribution in [3.05, 3.63) is 12.2 Å². The first-order valence-electron chi connectivity index (χ1n) is 33.4. The van der Waals surface area contributed by atoms with E-state index in [1.807, 2.05) is 0 Å². The summed E-state index contributed by atoms with van der Waals surface area (Å²) in [6.07, 6.45) is 76.7. The zero-order valence-corrected chi connectivity index (χ0v) is 49.6. The summed E-state index contributed by atoms with van der Waals surface area (Å²) in [5.74, 6) is -0.0167. The third kappa shape index (κ3) is 59.7. The standard InChI is InChI=1S/C67H131NO5/c1-3-5-7-9-11-13-15-17-19-29-33-37-41-45-49-53-57-61-67(72)73-62-58-54-50-46-42-38-34-31-28-26-24-22-20-21-23-25-27-30-32-36-40-44-48-52-56-60-66(71)68-64(63-69)65(70)59-55-51-47-43-39-35-18-16-14-12-10-8-6-4-2/h17,19,64-65,69-70H,3-16,18,20-63H2,1-2H3,(H,68,71)/b19-17-. The molecule has 0 aromatic heterocycles. The smallest absolute Gasteiger partial charge is 0.305 e. The Labute approximate surface area is 457 Å². The summed E-state index contributed by atoms with van der Waals surface area (Å²) >= 11 is 0. The fourth-order valence-electron chi connectivity index (χ4n) is 10.7. The van der Waals surface area contributed by atoms with Gasteiger partial charge in [-0.05, 0) is 51.4 Å². The number of hydrogen-bond acceptors (Lipinski definition) is 5.